The molecule has 2 nitrogen and oxygen atoms in total. The number of thiazole rings is 1. The molecule has 0 bridgehead atoms. The molecular formula is C17H18N2S. The predicted octanol–water partition coefficient (Wildman–Crippen LogP) is 5.09. The Bertz CT molecular complexity index is 728. The van der Waals surface area contributed by atoms with Crippen LogP contribution in [-0.2, 0) is 0 Å². The Hall–Kier alpha value is -1.87. The number of anilines is 1. The number of rotatable bonds is 3. The van der Waals surface area contributed by atoms with Crippen molar-refractivity contribution in [1.29, 1.82) is 0 Å². The lowest BCUT2D eigenvalue weighted by atomic mass is 10.1. The smallest absolute Gasteiger partial charge is 0.184 e. The van der Waals surface area contributed by atoms with Gasteiger partial charge >= 0.3 is 0 Å². The first-order valence-corrected chi connectivity index (χ1v) is 7.64. The molecule has 102 valence electrons. The maximum Gasteiger partial charge on any atom is 0.184 e. The first-order chi connectivity index (χ1) is 9.63. The fraction of sp³-hybridized carbons (Fsp3) is 0.235. The Morgan fingerprint density at radius 1 is 1.05 bits per heavy atom. The van der Waals surface area contributed by atoms with E-state index < -0.39 is 0 Å². The number of aromatic nitrogens is 1. The van der Waals surface area contributed by atoms with Crippen molar-refractivity contribution in [2.24, 2.45) is 0 Å². The van der Waals surface area contributed by atoms with Crippen molar-refractivity contribution in [3.8, 4) is 0 Å². The molecule has 0 spiro atoms. The molecule has 0 aliphatic carbocycles. The number of hydrogen-bond acceptors (Lipinski definition) is 3. The predicted molar refractivity (Wildman–Crippen MR) is 87.6 cm³/mol. The average molecular weight is 282 g/mol. The minimum Gasteiger partial charge on any atom is -0.355 e. The van der Waals surface area contributed by atoms with Gasteiger partial charge in [0.15, 0.2) is 5.13 Å². The molecule has 3 heteroatoms. The summed E-state index contributed by atoms with van der Waals surface area (Å²) in [7, 11) is 0. The Labute approximate surface area is 123 Å². The van der Waals surface area contributed by atoms with Crippen molar-refractivity contribution in [3.63, 3.8) is 0 Å². The zero-order chi connectivity index (χ0) is 14.1. The van der Waals surface area contributed by atoms with Crippen LogP contribution in [0.25, 0.3) is 10.2 Å². The summed E-state index contributed by atoms with van der Waals surface area (Å²) in [6.45, 7) is 6.39. The summed E-state index contributed by atoms with van der Waals surface area (Å²) < 4.78 is 1.24. The van der Waals surface area contributed by atoms with Crippen molar-refractivity contribution < 1.29 is 0 Å². The highest BCUT2D eigenvalue weighted by Crippen LogP contribution is 2.30. The Kier molecular flexibility index (Phi) is 3.45. The molecule has 20 heavy (non-hydrogen) atoms. The van der Waals surface area contributed by atoms with Gasteiger partial charge in [-0.1, -0.05) is 53.3 Å². The summed E-state index contributed by atoms with van der Waals surface area (Å²) in [5.41, 5.74) is 4.91. The van der Waals surface area contributed by atoms with Crippen LogP contribution in [-0.4, -0.2) is 4.98 Å². The fourth-order valence-electron chi connectivity index (χ4n) is 2.27. The first-order valence-electron chi connectivity index (χ1n) is 6.83. The van der Waals surface area contributed by atoms with Crippen molar-refractivity contribution in [2.45, 2.75) is 26.8 Å². The largest absolute Gasteiger partial charge is 0.355 e. The molecular weight excluding hydrogens is 264 g/mol. The van der Waals surface area contributed by atoms with Crippen molar-refractivity contribution in [1.82, 2.24) is 4.98 Å². The monoisotopic (exact) mass is 282 g/mol. The van der Waals surface area contributed by atoms with Crippen molar-refractivity contribution >= 4 is 26.7 Å². The minimum atomic E-state index is 0.261. The van der Waals surface area contributed by atoms with E-state index in [1.165, 1.54) is 21.4 Å². The van der Waals surface area contributed by atoms with E-state index in [1.807, 2.05) is 0 Å². The van der Waals surface area contributed by atoms with Gasteiger partial charge in [-0.15, -0.1) is 0 Å². The summed E-state index contributed by atoms with van der Waals surface area (Å²) >= 11 is 1.72. The Morgan fingerprint density at radius 3 is 2.50 bits per heavy atom. The SMILES string of the molecule is Cc1ccc(C(C)Nc2nc3c(C)cccc3s2)cc1. The maximum atomic E-state index is 4.70. The Balaban J connectivity index is 1.85. The molecule has 2 aromatic carbocycles. The number of para-hydroxylation sites is 1. The third-order valence-corrected chi connectivity index (χ3v) is 4.49. The van der Waals surface area contributed by atoms with E-state index in [1.54, 1.807) is 11.3 Å². The van der Waals surface area contributed by atoms with E-state index in [2.05, 4.69) is 68.6 Å². The van der Waals surface area contributed by atoms with E-state index in [0.29, 0.717) is 0 Å². The fourth-order valence-corrected chi connectivity index (χ4v) is 3.30. The zero-order valence-corrected chi connectivity index (χ0v) is 12.8. The van der Waals surface area contributed by atoms with Gasteiger partial charge in [0.2, 0.25) is 0 Å². The number of fused-ring (bicyclic) bond motifs is 1. The molecule has 1 aromatic heterocycles. The van der Waals surface area contributed by atoms with E-state index in [-0.39, 0.29) is 6.04 Å². The molecule has 0 saturated carbocycles. The van der Waals surface area contributed by atoms with Crippen LogP contribution in [0.15, 0.2) is 42.5 Å². The van der Waals surface area contributed by atoms with E-state index in [0.717, 1.165) is 10.6 Å². The van der Waals surface area contributed by atoms with Gasteiger partial charge in [-0.3, -0.25) is 0 Å². The Morgan fingerprint density at radius 2 is 1.80 bits per heavy atom. The lowest BCUT2D eigenvalue weighted by Crippen LogP contribution is -2.06. The molecule has 0 aliphatic rings. The molecule has 1 atom stereocenters. The molecule has 0 amide bonds. The number of nitrogens with zero attached hydrogens (tertiary/aromatic N) is 1. The van der Waals surface area contributed by atoms with Crippen LogP contribution in [0, 0.1) is 13.8 Å². The van der Waals surface area contributed by atoms with Gasteiger partial charge in [-0.25, -0.2) is 4.98 Å². The lowest BCUT2D eigenvalue weighted by molar-refractivity contribution is 0.882. The molecule has 1 heterocycles. The van der Waals surface area contributed by atoms with Crippen molar-refractivity contribution in [3.05, 3.63) is 59.2 Å². The van der Waals surface area contributed by atoms with E-state index in [9.17, 15) is 0 Å². The first kappa shape index (κ1) is 13.1. The topological polar surface area (TPSA) is 24.9 Å². The van der Waals surface area contributed by atoms with Gasteiger partial charge in [0, 0.05) is 0 Å². The number of benzene rings is 2. The van der Waals surface area contributed by atoms with Gasteiger partial charge in [0.1, 0.15) is 0 Å². The van der Waals surface area contributed by atoms with Crippen LogP contribution in [0.3, 0.4) is 0 Å². The zero-order valence-electron chi connectivity index (χ0n) is 12.0. The van der Waals surface area contributed by atoms with Crippen molar-refractivity contribution in [2.75, 3.05) is 5.32 Å². The summed E-state index contributed by atoms with van der Waals surface area (Å²) in [5, 5.41) is 4.49. The molecule has 0 fully saturated rings. The van der Waals surface area contributed by atoms with E-state index in [4.69, 9.17) is 4.98 Å². The standard InChI is InChI=1S/C17H18N2S/c1-11-7-9-14(10-8-11)13(3)18-17-19-16-12(2)5-4-6-15(16)20-17/h4-10,13H,1-3H3,(H,18,19). The van der Waals surface area contributed by atoms with Gasteiger partial charge in [0.25, 0.3) is 0 Å². The van der Waals surface area contributed by atoms with E-state index >= 15 is 0 Å². The summed E-state index contributed by atoms with van der Waals surface area (Å²) in [6, 6.07) is 15.2. The summed E-state index contributed by atoms with van der Waals surface area (Å²) in [6.07, 6.45) is 0. The second kappa shape index (κ2) is 5.25. The van der Waals surface area contributed by atoms with Gasteiger partial charge in [-0.2, -0.15) is 0 Å². The highest BCUT2D eigenvalue weighted by Gasteiger charge is 2.09. The summed E-state index contributed by atoms with van der Waals surface area (Å²) in [5.74, 6) is 0. The van der Waals surface area contributed by atoms with Crippen LogP contribution >= 0.6 is 11.3 Å². The second-order valence-corrected chi connectivity index (χ2v) is 6.25. The van der Waals surface area contributed by atoms with Crippen LogP contribution in [0.4, 0.5) is 5.13 Å². The molecule has 3 rings (SSSR count). The maximum absolute atomic E-state index is 4.70. The number of hydrogen-bond donors (Lipinski definition) is 1. The number of nitrogens with one attached hydrogen (secondary N) is 1. The normalized spacial score (nSPS) is 12.6. The van der Waals surface area contributed by atoms with Crippen LogP contribution in [0.1, 0.15) is 29.7 Å². The van der Waals surface area contributed by atoms with Crippen LogP contribution < -0.4 is 5.32 Å². The molecule has 1 unspecified atom stereocenters. The molecule has 0 radical (unpaired) electrons. The molecule has 3 aromatic rings. The molecule has 1 N–H and O–H groups in total. The third kappa shape index (κ3) is 2.54. The average Bonchev–Trinajstić information content (AvgIpc) is 2.83. The van der Waals surface area contributed by atoms with Gasteiger partial charge in [0.05, 0.1) is 16.3 Å². The van der Waals surface area contributed by atoms with Crippen LogP contribution in [0.2, 0.25) is 0 Å². The lowest BCUT2D eigenvalue weighted by Gasteiger charge is -2.13. The van der Waals surface area contributed by atoms with Gasteiger partial charge < -0.3 is 5.32 Å². The highest BCUT2D eigenvalue weighted by atomic mass is 32.1. The van der Waals surface area contributed by atoms with Crippen LogP contribution in [0.5, 0.6) is 0 Å². The third-order valence-electron chi connectivity index (χ3n) is 3.54. The molecule has 0 saturated heterocycles. The summed E-state index contributed by atoms with van der Waals surface area (Å²) in [4.78, 5) is 4.70. The number of aryl methyl sites for hydroxylation is 2. The highest BCUT2D eigenvalue weighted by molar-refractivity contribution is 7.22. The van der Waals surface area contributed by atoms with Gasteiger partial charge in [-0.05, 0) is 38.0 Å². The molecule has 0 aliphatic heterocycles. The quantitative estimate of drug-likeness (QED) is 0.724. The minimum absolute atomic E-state index is 0.261. The second-order valence-electron chi connectivity index (χ2n) is 5.22.